The number of para-hydroxylation sites is 1. The van der Waals surface area contributed by atoms with Crippen LogP contribution in [0.5, 0.6) is 0 Å². The topological polar surface area (TPSA) is 51.8 Å². The summed E-state index contributed by atoms with van der Waals surface area (Å²) in [5.41, 5.74) is 13.9. The van der Waals surface area contributed by atoms with E-state index in [0.717, 1.165) is 49.8 Å². The first-order chi connectivity index (χ1) is 31.2. The van der Waals surface area contributed by atoms with E-state index in [1.165, 1.54) is 53.6 Å². The summed E-state index contributed by atoms with van der Waals surface area (Å²) in [5, 5.41) is 4.71. The van der Waals surface area contributed by atoms with Gasteiger partial charge in [0.2, 0.25) is 0 Å². The predicted octanol–water partition coefficient (Wildman–Crippen LogP) is 15.2. The van der Waals surface area contributed by atoms with Gasteiger partial charge in [0.25, 0.3) is 0 Å². The highest BCUT2D eigenvalue weighted by atomic mass is 32.1. The molecule has 5 heteroatoms. The Balaban J connectivity index is 0.903. The van der Waals surface area contributed by atoms with Crippen LogP contribution in [-0.4, -0.2) is 15.0 Å². The summed E-state index contributed by atoms with van der Waals surface area (Å²) in [7, 11) is 0. The first-order valence-electron chi connectivity index (χ1n) is 21.2. The van der Waals surface area contributed by atoms with Gasteiger partial charge in [-0.3, -0.25) is 0 Å². The molecule has 0 atom stereocenters. The first kappa shape index (κ1) is 35.7. The smallest absolute Gasteiger partial charge is 0.164 e. The summed E-state index contributed by atoms with van der Waals surface area (Å²) < 4.78 is 8.76. The van der Waals surface area contributed by atoms with Crippen molar-refractivity contribution in [1.29, 1.82) is 0 Å². The van der Waals surface area contributed by atoms with Gasteiger partial charge in [0.1, 0.15) is 11.2 Å². The van der Waals surface area contributed by atoms with Crippen LogP contribution in [0.2, 0.25) is 0 Å². The molecule has 0 radical (unpaired) electrons. The second kappa shape index (κ2) is 14.0. The molecule has 0 bridgehead atoms. The molecule has 0 aliphatic heterocycles. The van der Waals surface area contributed by atoms with Crippen molar-refractivity contribution in [3.05, 3.63) is 235 Å². The Labute approximate surface area is 367 Å². The van der Waals surface area contributed by atoms with E-state index in [0.29, 0.717) is 17.5 Å². The van der Waals surface area contributed by atoms with Crippen molar-refractivity contribution in [2.45, 2.75) is 5.41 Å². The highest BCUT2D eigenvalue weighted by Gasteiger charge is 2.46. The fraction of sp³-hybridized carbons (Fsp3) is 0.0172. The number of hydrogen-bond donors (Lipinski definition) is 0. The minimum atomic E-state index is -0.491. The Morgan fingerprint density at radius 3 is 1.57 bits per heavy atom. The van der Waals surface area contributed by atoms with Crippen LogP contribution in [0.15, 0.2) is 217 Å². The molecule has 3 heterocycles. The standard InChI is InChI=1S/C58H35N3OS/c1-2-12-38(13-3-1)55-59-56(61-57(60-55)40-28-32-52-47(34-40)45-16-6-10-20-51(45)62-52)39-24-22-36(23-25-39)37-26-29-41(30-27-37)58(49-18-8-4-14-43(49)44-15-5-9-19-50(44)58)42-31-33-54-48(35-42)46-17-7-11-21-53(46)63-54/h1-35H. The molecule has 0 saturated heterocycles. The molecule has 9 aromatic carbocycles. The van der Waals surface area contributed by atoms with Gasteiger partial charge in [0.05, 0.1) is 5.41 Å². The van der Waals surface area contributed by atoms with Gasteiger partial charge >= 0.3 is 0 Å². The van der Waals surface area contributed by atoms with Crippen molar-refractivity contribution in [2.75, 3.05) is 0 Å². The Hall–Kier alpha value is -7.99. The van der Waals surface area contributed by atoms with E-state index in [-0.39, 0.29) is 0 Å². The second-order valence-electron chi connectivity index (χ2n) is 16.3. The van der Waals surface area contributed by atoms with Crippen LogP contribution in [0.25, 0.3) is 98.5 Å². The molecule has 3 aromatic heterocycles. The molecule has 13 rings (SSSR count). The third-order valence-corrected chi connectivity index (χ3v) is 14.0. The first-order valence-corrected chi connectivity index (χ1v) is 22.1. The maximum Gasteiger partial charge on any atom is 0.164 e. The van der Waals surface area contributed by atoms with Gasteiger partial charge in [-0.05, 0) is 87.0 Å². The van der Waals surface area contributed by atoms with E-state index >= 15 is 0 Å². The van der Waals surface area contributed by atoms with Crippen molar-refractivity contribution >= 4 is 53.4 Å². The SMILES string of the molecule is c1ccc(-c2nc(-c3ccc(-c4ccc(C5(c6ccc7sc8ccccc8c7c6)c6ccccc6-c6ccccc65)cc4)cc3)nc(-c3ccc4oc5ccccc5c4c3)n2)cc1. The summed E-state index contributed by atoms with van der Waals surface area (Å²) in [6, 6.07) is 76.0. The zero-order chi connectivity index (χ0) is 41.5. The molecule has 294 valence electrons. The number of rotatable bonds is 6. The molecule has 0 spiro atoms. The molecule has 0 fully saturated rings. The Morgan fingerprint density at radius 1 is 0.333 bits per heavy atom. The van der Waals surface area contributed by atoms with Crippen LogP contribution < -0.4 is 0 Å². The van der Waals surface area contributed by atoms with Gasteiger partial charge in [-0.25, -0.2) is 15.0 Å². The number of nitrogens with zero attached hydrogens (tertiary/aromatic N) is 3. The number of benzene rings is 9. The highest BCUT2D eigenvalue weighted by Crippen LogP contribution is 2.57. The lowest BCUT2D eigenvalue weighted by molar-refractivity contribution is 0.669. The van der Waals surface area contributed by atoms with Gasteiger partial charge in [-0.15, -0.1) is 11.3 Å². The molecular formula is C58H35N3OS. The average Bonchev–Trinajstić information content (AvgIpc) is 4.02. The molecule has 12 aromatic rings. The van der Waals surface area contributed by atoms with Crippen molar-refractivity contribution < 1.29 is 4.42 Å². The van der Waals surface area contributed by atoms with Gasteiger partial charge in [-0.1, -0.05) is 170 Å². The lowest BCUT2D eigenvalue weighted by Gasteiger charge is -2.34. The van der Waals surface area contributed by atoms with Crippen LogP contribution in [0.3, 0.4) is 0 Å². The summed E-state index contributed by atoms with van der Waals surface area (Å²) in [4.78, 5) is 15.1. The third kappa shape index (κ3) is 5.57. The van der Waals surface area contributed by atoms with Crippen LogP contribution in [0.1, 0.15) is 22.3 Å². The zero-order valence-electron chi connectivity index (χ0n) is 33.9. The zero-order valence-corrected chi connectivity index (χ0v) is 34.7. The number of hydrogen-bond acceptors (Lipinski definition) is 5. The van der Waals surface area contributed by atoms with Crippen molar-refractivity contribution in [3.63, 3.8) is 0 Å². The lowest BCUT2D eigenvalue weighted by atomic mass is 9.67. The van der Waals surface area contributed by atoms with E-state index in [1.54, 1.807) is 0 Å². The molecule has 4 nitrogen and oxygen atoms in total. The molecule has 63 heavy (non-hydrogen) atoms. The van der Waals surface area contributed by atoms with Gasteiger partial charge in [0.15, 0.2) is 17.5 Å². The highest BCUT2D eigenvalue weighted by molar-refractivity contribution is 7.25. The maximum atomic E-state index is 6.13. The summed E-state index contributed by atoms with van der Waals surface area (Å²) in [6.07, 6.45) is 0. The van der Waals surface area contributed by atoms with Crippen molar-refractivity contribution in [1.82, 2.24) is 15.0 Å². The predicted molar refractivity (Wildman–Crippen MR) is 259 cm³/mol. The lowest BCUT2D eigenvalue weighted by Crippen LogP contribution is -2.28. The second-order valence-corrected chi connectivity index (χ2v) is 17.4. The number of aromatic nitrogens is 3. The largest absolute Gasteiger partial charge is 0.456 e. The van der Waals surface area contributed by atoms with E-state index in [9.17, 15) is 0 Å². The van der Waals surface area contributed by atoms with Crippen LogP contribution >= 0.6 is 11.3 Å². The van der Waals surface area contributed by atoms with E-state index in [1.807, 2.05) is 72.0 Å². The maximum absolute atomic E-state index is 6.13. The molecular weight excluding hydrogens is 787 g/mol. The fourth-order valence-electron chi connectivity index (χ4n) is 9.92. The van der Waals surface area contributed by atoms with Crippen molar-refractivity contribution in [3.8, 4) is 56.4 Å². The van der Waals surface area contributed by atoms with E-state index in [2.05, 4.69) is 152 Å². The molecule has 1 aliphatic rings. The summed E-state index contributed by atoms with van der Waals surface area (Å²) in [5.74, 6) is 1.86. The summed E-state index contributed by atoms with van der Waals surface area (Å²) in [6.45, 7) is 0. The average molecular weight is 822 g/mol. The molecule has 0 amide bonds. The number of furan rings is 1. The van der Waals surface area contributed by atoms with E-state index in [4.69, 9.17) is 19.4 Å². The Bertz CT molecular complexity index is 3690. The Morgan fingerprint density at radius 2 is 0.841 bits per heavy atom. The normalized spacial score (nSPS) is 12.9. The molecule has 0 N–H and O–H groups in total. The number of fused-ring (bicyclic) bond motifs is 9. The minimum absolute atomic E-state index is 0.491. The van der Waals surface area contributed by atoms with E-state index < -0.39 is 5.41 Å². The third-order valence-electron chi connectivity index (χ3n) is 12.9. The van der Waals surface area contributed by atoms with Crippen LogP contribution in [-0.2, 0) is 5.41 Å². The summed E-state index contributed by atoms with van der Waals surface area (Å²) >= 11 is 1.86. The van der Waals surface area contributed by atoms with Crippen LogP contribution in [0.4, 0.5) is 0 Å². The molecule has 1 aliphatic carbocycles. The van der Waals surface area contributed by atoms with Gasteiger partial charge in [-0.2, -0.15) is 0 Å². The fourth-order valence-corrected chi connectivity index (χ4v) is 11.0. The van der Waals surface area contributed by atoms with Gasteiger partial charge in [0, 0.05) is 47.6 Å². The van der Waals surface area contributed by atoms with Gasteiger partial charge < -0.3 is 4.42 Å². The number of thiophene rings is 1. The quantitative estimate of drug-likeness (QED) is 0.168. The molecule has 0 unspecified atom stereocenters. The minimum Gasteiger partial charge on any atom is -0.456 e. The Kier molecular flexibility index (Phi) is 7.96. The van der Waals surface area contributed by atoms with Crippen LogP contribution in [0, 0.1) is 0 Å². The van der Waals surface area contributed by atoms with Crippen molar-refractivity contribution in [2.24, 2.45) is 0 Å². The molecule has 0 saturated carbocycles. The monoisotopic (exact) mass is 821 g/mol.